The van der Waals surface area contributed by atoms with Gasteiger partial charge in [-0.2, -0.15) is 0 Å². The van der Waals surface area contributed by atoms with Crippen molar-refractivity contribution in [2.45, 2.75) is 38.5 Å². The first-order chi connectivity index (χ1) is 8.72. The zero-order valence-corrected chi connectivity index (χ0v) is 11.3. The van der Waals surface area contributed by atoms with Crippen LogP contribution in [-0.4, -0.2) is 19.5 Å². The van der Waals surface area contributed by atoms with E-state index in [9.17, 15) is 4.79 Å². The summed E-state index contributed by atoms with van der Waals surface area (Å²) in [5.41, 5.74) is 2.20. The van der Waals surface area contributed by atoms with Crippen molar-refractivity contribution >= 4 is 5.78 Å². The van der Waals surface area contributed by atoms with E-state index in [2.05, 4.69) is 13.0 Å². The standard InChI is InChI=1S/C16H22O2/c1-12(11-18-2)10-16(17)15-9-4-3-8-14(15)13-6-5-7-13/h3-4,8-9,12-13H,5-7,10-11H2,1-2H3. The lowest BCUT2D eigenvalue weighted by Gasteiger charge is -2.27. The average molecular weight is 246 g/mol. The molecule has 1 fully saturated rings. The molecule has 0 heterocycles. The van der Waals surface area contributed by atoms with Crippen LogP contribution in [0, 0.1) is 5.92 Å². The number of rotatable bonds is 6. The third-order valence-electron chi connectivity index (χ3n) is 3.79. The highest BCUT2D eigenvalue weighted by Gasteiger charge is 2.24. The van der Waals surface area contributed by atoms with Gasteiger partial charge in [0.05, 0.1) is 0 Å². The highest BCUT2D eigenvalue weighted by molar-refractivity contribution is 5.97. The fourth-order valence-electron chi connectivity index (χ4n) is 2.60. The second-order valence-electron chi connectivity index (χ2n) is 5.40. The first kappa shape index (κ1) is 13.3. The van der Waals surface area contributed by atoms with Gasteiger partial charge in [-0.25, -0.2) is 0 Å². The summed E-state index contributed by atoms with van der Waals surface area (Å²) in [6, 6.07) is 8.12. The Hall–Kier alpha value is -1.15. The highest BCUT2D eigenvalue weighted by atomic mass is 16.5. The normalized spacial score (nSPS) is 17.2. The third-order valence-corrected chi connectivity index (χ3v) is 3.79. The molecular formula is C16H22O2. The Morgan fingerprint density at radius 2 is 2.11 bits per heavy atom. The Labute approximate surface area is 109 Å². The van der Waals surface area contributed by atoms with Crippen LogP contribution in [0.1, 0.15) is 54.4 Å². The summed E-state index contributed by atoms with van der Waals surface area (Å²) in [6.07, 6.45) is 4.35. The van der Waals surface area contributed by atoms with Crippen LogP contribution in [0.15, 0.2) is 24.3 Å². The molecule has 1 aliphatic carbocycles. The molecule has 0 radical (unpaired) electrons. The van der Waals surface area contributed by atoms with Crippen molar-refractivity contribution in [3.8, 4) is 0 Å². The van der Waals surface area contributed by atoms with E-state index in [-0.39, 0.29) is 11.7 Å². The lowest BCUT2D eigenvalue weighted by molar-refractivity contribution is 0.0918. The van der Waals surface area contributed by atoms with Crippen LogP contribution < -0.4 is 0 Å². The topological polar surface area (TPSA) is 26.3 Å². The molecule has 2 heteroatoms. The summed E-state index contributed by atoms with van der Waals surface area (Å²) in [6.45, 7) is 2.71. The monoisotopic (exact) mass is 246 g/mol. The van der Waals surface area contributed by atoms with Crippen molar-refractivity contribution in [3.05, 3.63) is 35.4 Å². The van der Waals surface area contributed by atoms with Gasteiger partial charge in [0.25, 0.3) is 0 Å². The summed E-state index contributed by atoms with van der Waals surface area (Å²) in [4.78, 5) is 12.3. The maximum atomic E-state index is 12.3. The van der Waals surface area contributed by atoms with Crippen LogP contribution in [0.5, 0.6) is 0 Å². The number of carbonyl (C=O) groups excluding carboxylic acids is 1. The fraction of sp³-hybridized carbons (Fsp3) is 0.562. The molecule has 1 saturated carbocycles. The van der Waals surface area contributed by atoms with Gasteiger partial charge in [-0.1, -0.05) is 37.6 Å². The quantitative estimate of drug-likeness (QED) is 0.713. The predicted molar refractivity (Wildman–Crippen MR) is 73.0 cm³/mol. The van der Waals surface area contributed by atoms with Gasteiger partial charge in [-0.15, -0.1) is 0 Å². The lowest BCUT2D eigenvalue weighted by atomic mass is 9.77. The molecule has 2 rings (SSSR count). The van der Waals surface area contributed by atoms with E-state index in [0.717, 1.165) is 5.56 Å². The molecule has 0 aliphatic heterocycles. The van der Waals surface area contributed by atoms with Crippen molar-refractivity contribution in [1.82, 2.24) is 0 Å². The largest absolute Gasteiger partial charge is 0.384 e. The Bertz CT molecular complexity index is 407. The summed E-state index contributed by atoms with van der Waals surface area (Å²) >= 11 is 0. The van der Waals surface area contributed by atoms with E-state index < -0.39 is 0 Å². The number of methoxy groups -OCH3 is 1. The van der Waals surface area contributed by atoms with Gasteiger partial charge in [0.2, 0.25) is 0 Å². The van der Waals surface area contributed by atoms with Crippen molar-refractivity contribution in [1.29, 1.82) is 0 Å². The molecule has 1 aromatic rings. The van der Waals surface area contributed by atoms with Crippen molar-refractivity contribution in [3.63, 3.8) is 0 Å². The summed E-state index contributed by atoms with van der Waals surface area (Å²) in [7, 11) is 1.68. The predicted octanol–water partition coefficient (Wildman–Crippen LogP) is 3.81. The minimum absolute atomic E-state index is 0.266. The zero-order chi connectivity index (χ0) is 13.0. The zero-order valence-electron chi connectivity index (χ0n) is 11.3. The number of hydrogen-bond donors (Lipinski definition) is 0. The summed E-state index contributed by atoms with van der Waals surface area (Å²) in [5.74, 6) is 1.17. The molecule has 18 heavy (non-hydrogen) atoms. The van der Waals surface area contributed by atoms with E-state index in [1.165, 1.54) is 24.8 Å². The minimum atomic E-state index is 0.266. The number of ether oxygens (including phenoxy) is 1. The molecular weight excluding hydrogens is 224 g/mol. The molecule has 0 aromatic heterocycles. The molecule has 0 saturated heterocycles. The van der Waals surface area contributed by atoms with Crippen LogP contribution in [0.4, 0.5) is 0 Å². The molecule has 1 atom stereocenters. The maximum Gasteiger partial charge on any atom is 0.163 e. The SMILES string of the molecule is COCC(C)CC(=O)c1ccccc1C1CCC1. The van der Waals surface area contributed by atoms with Gasteiger partial charge in [0, 0.05) is 25.7 Å². The van der Waals surface area contributed by atoms with Crippen molar-refractivity contribution < 1.29 is 9.53 Å². The van der Waals surface area contributed by atoms with Crippen LogP contribution >= 0.6 is 0 Å². The number of hydrogen-bond acceptors (Lipinski definition) is 2. The van der Waals surface area contributed by atoms with Gasteiger partial charge >= 0.3 is 0 Å². The van der Waals surface area contributed by atoms with Gasteiger partial charge in [0.15, 0.2) is 5.78 Å². The number of ketones is 1. The molecule has 0 spiro atoms. The first-order valence-corrected chi connectivity index (χ1v) is 6.83. The highest BCUT2D eigenvalue weighted by Crippen LogP contribution is 2.38. The first-order valence-electron chi connectivity index (χ1n) is 6.83. The molecule has 0 amide bonds. The number of carbonyl (C=O) groups is 1. The average Bonchev–Trinajstić information content (AvgIpc) is 2.27. The van der Waals surface area contributed by atoms with Crippen LogP contribution in [0.3, 0.4) is 0 Å². The Morgan fingerprint density at radius 1 is 1.39 bits per heavy atom. The van der Waals surface area contributed by atoms with E-state index in [1.54, 1.807) is 7.11 Å². The van der Waals surface area contributed by atoms with E-state index in [1.807, 2.05) is 18.2 Å². The Morgan fingerprint density at radius 3 is 2.72 bits per heavy atom. The fourth-order valence-corrected chi connectivity index (χ4v) is 2.60. The van der Waals surface area contributed by atoms with E-state index in [4.69, 9.17) is 4.74 Å². The van der Waals surface area contributed by atoms with Crippen LogP contribution in [0.2, 0.25) is 0 Å². The lowest BCUT2D eigenvalue weighted by Crippen LogP contribution is -2.16. The maximum absolute atomic E-state index is 12.3. The summed E-state index contributed by atoms with van der Waals surface area (Å²) in [5, 5.41) is 0. The van der Waals surface area contributed by atoms with Crippen LogP contribution in [0.25, 0.3) is 0 Å². The molecule has 2 nitrogen and oxygen atoms in total. The Kier molecular flexibility index (Phi) is 4.54. The molecule has 1 aliphatic rings. The number of benzene rings is 1. The summed E-state index contributed by atoms with van der Waals surface area (Å²) < 4.78 is 5.10. The van der Waals surface area contributed by atoms with Crippen molar-refractivity contribution in [2.75, 3.05) is 13.7 Å². The van der Waals surface area contributed by atoms with Gasteiger partial charge in [-0.05, 0) is 30.2 Å². The third kappa shape index (κ3) is 2.99. The van der Waals surface area contributed by atoms with Gasteiger partial charge in [0.1, 0.15) is 0 Å². The molecule has 1 aromatic carbocycles. The van der Waals surface area contributed by atoms with Crippen LogP contribution in [-0.2, 0) is 4.74 Å². The molecule has 0 bridgehead atoms. The second kappa shape index (κ2) is 6.14. The van der Waals surface area contributed by atoms with E-state index >= 15 is 0 Å². The smallest absolute Gasteiger partial charge is 0.163 e. The minimum Gasteiger partial charge on any atom is -0.384 e. The van der Waals surface area contributed by atoms with Gasteiger partial charge < -0.3 is 4.74 Å². The van der Waals surface area contributed by atoms with Crippen molar-refractivity contribution in [2.24, 2.45) is 5.92 Å². The molecule has 0 N–H and O–H groups in total. The molecule has 98 valence electrons. The van der Waals surface area contributed by atoms with E-state index in [0.29, 0.717) is 18.9 Å². The Balaban J connectivity index is 2.09. The second-order valence-corrected chi connectivity index (χ2v) is 5.40. The molecule has 1 unspecified atom stereocenters. The number of Topliss-reactive ketones (excluding diaryl/α,β-unsaturated/α-hetero) is 1. The van der Waals surface area contributed by atoms with Gasteiger partial charge in [-0.3, -0.25) is 4.79 Å².